The number of sulfonamides is 1. The molecule has 2 aromatic rings. The van der Waals surface area contributed by atoms with Crippen molar-refractivity contribution in [1.29, 1.82) is 0 Å². The highest BCUT2D eigenvalue weighted by atomic mass is 32.2. The van der Waals surface area contributed by atoms with Gasteiger partial charge in [0, 0.05) is 29.8 Å². The average Bonchev–Trinajstić information content (AvgIpc) is 3.07. The van der Waals surface area contributed by atoms with Crippen LogP contribution in [0.1, 0.15) is 29.6 Å². The Bertz CT molecular complexity index is 921. The van der Waals surface area contributed by atoms with E-state index in [1.807, 2.05) is 4.90 Å². The van der Waals surface area contributed by atoms with Gasteiger partial charge in [0.25, 0.3) is 15.9 Å². The Labute approximate surface area is 163 Å². The van der Waals surface area contributed by atoms with Crippen LogP contribution in [0.15, 0.2) is 46.0 Å². The third-order valence-corrected chi connectivity index (χ3v) is 8.04. The molecule has 0 unspecified atom stereocenters. The first kappa shape index (κ1) is 18.5. The van der Waals surface area contributed by atoms with E-state index in [9.17, 15) is 13.2 Å². The predicted molar refractivity (Wildman–Crippen MR) is 105 cm³/mol. The molecule has 1 N–H and O–H groups in total. The maximum Gasteiger partial charge on any atom is 0.271 e. The fourth-order valence-corrected chi connectivity index (χ4v) is 5.71. The highest BCUT2D eigenvalue weighted by molar-refractivity contribution is 7.94. The van der Waals surface area contributed by atoms with Gasteiger partial charge in [-0.05, 0) is 42.5 Å². The van der Waals surface area contributed by atoms with E-state index in [2.05, 4.69) is 4.72 Å². The van der Waals surface area contributed by atoms with Crippen LogP contribution in [0.4, 0.5) is 5.69 Å². The van der Waals surface area contributed by atoms with E-state index in [1.165, 1.54) is 6.42 Å². The fraction of sp³-hybridized carbons (Fsp3) is 0.421. The second kappa shape index (κ2) is 7.26. The molecular formula is C19H22N2O4S2. The van der Waals surface area contributed by atoms with Gasteiger partial charge >= 0.3 is 0 Å². The zero-order chi connectivity index (χ0) is 18.9. The molecule has 2 aliphatic rings. The lowest BCUT2D eigenvalue weighted by Crippen LogP contribution is -2.45. The lowest BCUT2D eigenvalue weighted by Gasteiger charge is -2.42. The zero-order valence-corrected chi connectivity index (χ0v) is 16.5. The van der Waals surface area contributed by atoms with Crippen LogP contribution in [0, 0.1) is 5.41 Å². The van der Waals surface area contributed by atoms with Crippen LogP contribution >= 0.6 is 11.3 Å². The van der Waals surface area contributed by atoms with Crippen molar-refractivity contribution in [2.75, 3.05) is 31.0 Å². The van der Waals surface area contributed by atoms with Crippen LogP contribution in [0.3, 0.4) is 0 Å². The van der Waals surface area contributed by atoms with Crippen molar-refractivity contribution in [1.82, 2.24) is 4.90 Å². The van der Waals surface area contributed by atoms with Gasteiger partial charge in [-0.15, -0.1) is 11.3 Å². The molecule has 0 atom stereocenters. The highest BCUT2D eigenvalue weighted by Gasteiger charge is 2.41. The van der Waals surface area contributed by atoms with Crippen LogP contribution in [0.2, 0.25) is 0 Å². The molecule has 1 saturated heterocycles. The number of amides is 1. The summed E-state index contributed by atoms with van der Waals surface area (Å²) in [5, 5.41) is 1.71. The molecule has 6 nitrogen and oxygen atoms in total. The van der Waals surface area contributed by atoms with Crippen LogP contribution in [-0.2, 0) is 14.8 Å². The van der Waals surface area contributed by atoms with Crippen molar-refractivity contribution in [3.8, 4) is 0 Å². The van der Waals surface area contributed by atoms with E-state index >= 15 is 0 Å². The quantitative estimate of drug-likeness (QED) is 0.846. The van der Waals surface area contributed by atoms with Gasteiger partial charge in [-0.2, -0.15) is 0 Å². The summed E-state index contributed by atoms with van der Waals surface area (Å²) in [6.07, 6.45) is 3.38. The van der Waals surface area contributed by atoms with E-state index in [0.717, 1.165) is 30.8 Å². The number of nitrogens with zero attached hydrogens (tertiary/aromatic N) is 1. The summed E-state index contributed by atoms with van der Waals surface area (Å²) in [4.78, 5) is 14.9. The van der Waals surface area contributed by atoms with E-state index in [1.54, 1.807) is 41.8 Å². The van der Waals surface area contributed by atoms with Crippen molar-refractivity contribution >= 4 is 33.0 Å². The zero-order valence-electron chi connectivity index (χ0n) is 14.9. The minimum absolute atomic E-state index is 0.0797. The first-order valence-corrected chi connectivity index (χ1v) is 11.4. The summed E-state index contributed by atoms with van der Waals surface area (Å²) in [5.74, 6) is -0.0797. The van der Waals surface area contributed by atoms with E-state index in [0.29, 0.717) is 30.9 Å². The molecule has 1 aliphatic carbocycles. The Morgan fingerprint density at radius 3 is 2.78 bits per heavy atom. The van der Waals surface area contributed by atoms with Gasteiger partial charge in [-0.25, -0.2) is 8.42 Å². The molecule has 2 fully saturated rings. The van der Waals surface area contributed by atoms with E-state index in [-0.39, 0.29) is 15.5 Å². The normalized spacial score (nSPS) is 19.3. The Hall–Kier alpha value is -1.90. The molecule has 1 spiro atoms. The minimum atomic E-state index is -3.63. The molecule has 1 aromatic heterocycles. The molecule has 1 saturated carbocycles. The van der Waals surface area contributed by atoms with Gasteiger partial charge in [-0.1, -0.05) is 18.6 Å². The Morgan fingerprint density at radius 2 is 2.07 bits per heavy atom. The lowest BCUT2D eigenvalue weighted by molar-refractivity contribution is 0.0104. The molecule has 8 heteroatoms. The molecule has 1 amide bonds. The maximum absolute atomic E-state index is 13.0. The molecule has 1 aliphatic heterocycles. The molecule has 27 heavy (non-hydrogen) atoms. The smallest absolute Gasteiger partial charge is 0.271 e. The minimum Gasteiger partial charge on any atom is -0.379 e. The van der Waals surface area contributed by atoms with Gasteiger partial charge in [0.2, 0.25) is 0 Å². The van der Waals surface area contributed by atoms with Gasteiger partial charge in [-0.3, -0.25) is 9.52 Å². The molecule has 2 heterocycles. The summed E-state index contributed by atoms with van der Waals surface area (Å²) in [6, 6.07) is 9.93. The van der Waals surface area contributed by atoms with Crippen LogP contribution < -0.4 is 4.72 Å². The van der Waals surface area contributed by atoms with Gasteiger partial charge in [0.05, 0.1) is 13.2 Å². The summed E-state index contributed by atoms with van der Waals surface area (Å²) < 4.78 is 33.3. The lowest BCUT2D eigenvalue weighted by atomic mass is 9.69. The number of thiophene rings is 1. The Kier molecular flexibility index (Phi) is 4.96. The second-order valence-electron chi connectivity index (χ2n) is 7.25. The third-order valence-electron chi connectivity index (χ3n) is 5.26. The average molecular weight is 407 g/mol. The monoisotopic (exact) mass is 406 g/mol. The van der Waals surface area contributed by atoms with Crippen molar-refractivity contribution in [3.05, 3.63) is 47.3 Å². The molecule has 4 rings (SSSR count). The SMILES string of the molecule is O=C(c1cccc(NS(=O)(=O)c2cccs2)c1)N1CCOCC2(CCC2)C1. The van der Waals surface area contributed by atoms with E-state index < -0.39 is 10.0 Å². The highest BCUT2D eigenvalue weighted by Crippen LogP contribution is 2.42. The Morgan fingerprint density at radius 1 is 1.22 bits per heavy atom. The maximum atomic E-state index is 13.0. The van der Waals surface area contributed by atoms with Gasteiger partial charge < -0.3 is 9.64 Å². The number of nitrogens with one attached hydrogen (secondary N) is 1. The van der Waals surface area contributed by atoms with Crippen molar-refractivity contribution in [2.24, 2.45) is 5.41 Å². The summed E-state index contributed by atoms with van der Waals surface area (Å²) in [5.41, 5.74) is 0.973. The number of hydrogen-bond donors (Lipinski definition) is 1. The predicted octanol–water partition coefficient (Wildman–Crippen LogP) is 3.19. The number of rotatable bonds is 4. The number of carbonyl (C=O) groups is 1. The molecule has 1 aromatic carbocycles. The number of benzene rings is 1. The van der Waals surface area contributed by atoms with Crippen molar-refractivity contribution < 1.29 is 17.9 Å². The van der Waals surface area contributed by atoms with Crippen LogP contribution in [-0.4, -0.2) is 45.5 Å². The second-order valence-corrected chi connectivity index (χ2v) is 10.1. The largest absolute Gasteiger partial charge is 0.379 e. The van der Waals surface area contributed by atoms with Gasteiger partial charge in [0.15, 0.2) is 0 Å². The van der Waals surface area contributed by atoms with Crippen LogP contribution in [0.25, 0.3) is 0 Å². The summed E-state index contributed by atoms with van der Waals surface area (Å²) in [6.45, 7) is 2.53. The standard InChI is InChI=1S/C19H22N2O4S2/c22-18(21-9-10-25-14-19(13-21)7-3-8-19)15-4-1-5-16(12-15)20-27(23,24)17-6-2-11-26-17/h1-2,4-6,11-12,20H,3,7-10,13-14H2. The van der Waals surface area contributed by atoms with Gasteiger partial charge in [0.1, 0.15) is 4.21 Å². The van der Waals surface area contributed by atoms with Crippen molar-refractivity contribution in [2.45, 2.75) is 23.5 Å². The summed E-state index contributed by atoms with van der Waals surface area (Å²) >= 11 is 1.15. The number of hydrogen-bond acceptors (Lipinski definition) is 5. The number of anilines is 1. The topological polar surface area (TPSA) is 75.7 Å². The fourth-order valence-electron chi connectivity index (χ4n) is 3.67. The first-order valence-electron chi connectivity index (χ1n) is 9.01. The van der Waals surface area contributed by atoms with E-state index in [4.69, 9.17) is 4.74 Å². The molecule has 144 valence electrons. The third kappa shape index (κ3) is 3.88. The molecule has 0 radical (unpaired) electrons. The summed E-state index contributed by atoms with van der Waals surface area (Å²) in [7, 11) is -3.63. The number of carbonyl (C=O) groups excluding carboxylic acids is 1. The molecule has 0 bridgehead atoms. The molecular weight excluding hydrogens is 384 g/mol. The van der Waals surface area contributed by atoms with Crippen LogP contribution in [0.5, 0.6) is 0 Å². The Balaban J connectivity index is 1.52. The number of ether oxygens (including phenoxy) is 1. The van der Waals surface area contributed by atoms with Crippen molar-refractivity contribution in [3.63, 3.8) is 0 Å². The first-order chi connectivity index (χ1) is 13.0.